The predicted molar refractivity (Wildman–Crippen MR) is 86.2 cm³/mol. The maximum atomic E-state index is 12.6. The molecule has 1 heterocycles. The molecule has 0 bridgehead atoms. The number of hydrogen-bond acceptors (Lipinski definition) is 4. The van der Waals surface area contributed by atoms with Crippen LogP contribution in [0.5, 0.6) is 0 Å². The van der Waals surface area contributed by atoms with E-state index in [9.17, 15) is 23.1 Å². The fourth-order valence-electron chi connectivity index (χ4n) is 2.92. The maximum absolute atomic E-state index is 12.6. The van der Waals surface area contributed by atoms with Crippen LogP contribution in [0, 0.1) is 0 Å². The van der Waals surface area contributed by atoms with Gasteiger partial charge in [0, 0.05) is 12.6 Å². The molecule has 1 unspecified atom stereocenters. The van der Waals surface area contributed by atoms with Gasteiger partial charge >= 0.3 is 5.97 Å². The van der Waals surface area contributed by atoms with Crippen LogP contribution in [0.25, 0.3) is 0 Å². The van der Waals surface area contributed by atoms with Crippen LogP contribution in [-0.2, 0) is 21.1 Å². The molecule has 126 valence electrons. The van der Waals surface area contributed by atoms with E-state index in [1.54, 1.807) is 23.1 Å². The Bertz CT molecular complexity index is 698. The Labute approximate surface area is 136 Å². The van der Waals surface area contributed by atoms with E-state index in [-0.39, 0.29) is 35.4 Å². The highest BCUT2D eigenvalue weighted by molar-refractivity contribution is 7.91. The van der Waals surface area contributed by atoms with E-state index in [4.69, 9.17) is 0 Å². The Morgan fingerprint density at radius 2 is 2.00 bits per heavy atom. The highest BCUT2D eigenvalue weighted by Gasteiger charge is 2.34. The van der Waals surface area contributed by atoms with Gasteiger partial charge in [0.2, 0.25) is 5.91 Å². The minimum absolute atomic E-state index is 0.000677. The summed E-state index contributed by atoms with van der Waals surface area (Å²) in [5.74, 6) is -1.18. The number of amides is 1. The quantitative estimate of drug-likeness (QED) is 0.845. The van der Waals surface area contributed by atoms with Gasteiger partial charge in [0.25, 0.3) is 0 Å². The van der Waals surface area contributed by atoms with Crippen molar-refractivity contribution >= 4 is 21.7 Å². The number of carbonyl (C=O) groups excluding carboxylic acids is 1. The lowest BCUT2D eigenvalue weighted by atomic mass is 10.0. The molecular formula is C16H21NO5S. The fraction of sp³-hybridized carbons (Fsp3) is 0.500. The minimum Gasteiger partial charge on any atom is -0.478 e. The SMILES string of the molecule is CCCN(C(=O)Cc1ccccc1C(=O)O)C1CCS(=O)(=O)C1. The van der Waals surface area contributed by atoms with E-state index in [1.165, 1.54) is 6.07 Å². The first-order chi connectivity index (χ1) is 10.8. The summed E-state index contributed by atoms with van der Waals surface area (Å²) in [6.45, 7) is 2.41. The summed E-state index contributed by atoms with van der Waals surface area (Å²) in [4.78, 5) is 25.4. The number of hydrogen-bond donors (Lipinski definition) is 1. The lowest BCUT2D eigenvalue weighted by Gasteiger charge is -2.28. The number of carboxylic acids is 1. The molecule has 6 nitrogen and oxygen atoms in total. The fourth-order valence-corrected chi connectivity index (χ4v) is 4.65. The first-order valence-electron chi connectivity index (χ1n) is 7.65. The van der Waals surface area contributed by atoms with E-state index >= 15 is 0 Å². The van der Waals surface area contributed by atoms with E-state index < -0.39 is 15.8 Å². The Hall–Kier alpha value is -1.89. The second-order valence-corrected chi connectivity index (χ2v) is 8.01. The number of benzene rings is 1. The molecule has 2 rings (SSSR count). The zero-order chi connectivity index (χ0) is 17.0. The summed E-state index contributed by atoms with van der Waals surface area (Å²) in [5.41, 5.74) is 0.559. The zero-order valence-corrected chi connectivity index (χ0v) is 13.9. The van der Waals surface area contributed by atoms with E-state index in [1.807, 2.05) is 6.92 Å². The molecular weight excluding hydrogens is 318 g/mol. The third-order valence-corrected chi connectivity index (χ3v) is 5.77. The summed E-state index contributed by atoms with van der Waals surface area (Å²) >= 11 is 0. The summed E-state index contributed by atoms with van der Waals surface area (Å²) in [6.07, 6.45) is 1.15. The molecule has 1 aliphatic heterocycles. The summed E-state index contributed by atoms with van der Waals surface area (Å²) in [5, 5.41) is 9.20. The molecule has 0 aromatic heterocycles. The molecule has 1 saturated heterocycles. The van der Waals surface area contributed by atoms with Gasteiger partial charge in [-0.05, 0) is 24.5 Å². The van der Waals surface area contributed by atoms with E-state index in [0.717, 1.165) is 6.42 Å². The summed E-state index contributed by atoms with van der Waals surface area (Å²) < 4.78 is 23.3. The number of aromatic carboxylic acids is 1. The molecule has 1 aromatic rings. The molecule has 1 atom stereocenters. The van der Waals surface area contributed by atoms with E-state index in [2.05, 4.69) is 0 Å². The van der Waals surface area contributed by atoms with Gasteiger partial charge in [-0.2, -0.15) is 0 Å². The predicted octanol–water partition coefficient (Wildman–Crippen LogP) is 1.35. The van der Waals surface area contributed by atoms with Crippen LogP contribution < -0.4 is 0 Å². The van der Waals surface area contributed by atoms with Gasteiger partial charge in [0.1, 0.15) is 0 Å². The van der Waals surface area contributed by atoms with Gasteiger partial charge in [0.05, 0.1) is 23.5 Å². The van der Waals surface area contributed by atoms with Crippen LogP contribution >= 0.6 is 0 Å². The molecule has 0 saturated carbocycles. The van der Waals surface area contributed by atoms with E-state index in [0.29, 0.717) is 18.5 Å². The van der Waals surface area contributed by atoms with Crippen LogP contribution in [0.3, 0.4) is 0 Å². The molecule has 23 heavy (non-hydrogen) atoms. The molecule has 7 heteroatoms. The lowest BCUT2D eigenvalue weighted by Crippen LogP contribution is -2.42. The third kappa shape index (κ3) is 4.31. The van der Waals surface area contributed by atoms with Gasteiger partial charge in [-0.3, -0.25) is 4.79 Å². The van der Waals surface area contributed by atoms with Crippen molar-refractivity contribution in [3.63, 3.8) is 0 Å². The van der Waals surface area contributed by atoms with Crippen molar-refractivity contribution in [3.05, 3.63) is 35.4 Å². The summed E-state index contributed by atoms with van der Waals surface area (Å²) in [6, 6.07) is 6.10. The third-order valence-electron chi connectivity index (χ3n) is 4.02. The van der Waals surface area contributed by atoms with Crippen LogP contribution in [-0.4, -0.2) is 54.4 Å². The molecule has 0 radical (unpaired) electrons. The maximum Gasteiger partial charge on any atom is 0.335 e. The summed E-state index contributed by atoms with van der Waals surface area (Å²) in [7, 11) is -3.07. The lowest BCUT2D eigenvalue weighted by molar-refractivity contribution is -0.132. The number of sulfone groups is 1. The number of nitrogens with zero attached hydrogens (tertiary/aromatic N) is 1. The Morgan fingerprint density at radius 3 is 2.57 bits per heavy atom. The van der Waals surface area contributed by atoms with Crippen LogP contribution in [0.15, 0.2) is 24.3 Å². The Balaban J connectivity index is 2.18. The van der Waals surface area contributed by atoms with Crippen molar-refractivity contribution in [1.29, 1.82) is 0 Å². The smallest absolute Gasteiger partial charge is 0.335 e. The van der Waals surface area contributed by atoms with Gasteiger partial charge in [-0.1, -0.05) is 25.1 Å². The van der Waals surface area contributed by atoms with Crippen molar-refractivity contribution in [3.8, 4) is 0 Å². The van der Waals surface area contributed by atoms with Gasteiger partial charge < -0.3 is 10.0 Å². The minimum atomic E-state index is -3.07. The standard InChI is InChI=1S/C16H21NO5S/c1-2-8-17(13-7-9-23(21,22)11-13)15(18)10-12-5-3-4-6-14(12)16(19)20/h3-6,13H,2,7-11H2,1H3,(H,19,20). The molecule has 1 aromatic carbocycles. The largest absolute Gasteiger partial charge is 0.478 e. The second kappa shape index (κ2) is 7.12. The molecule has 0 aliphatic carbocycles. The second-order valence-electron chi connectivity index (χ2n) is 5.78. The van der Waals surface area contributed by atoms with Gasteiger partial charge in [-0.15, -0.1) is 0 Å². The van der Waals surface area contributed by atoms with Crippen LogP contribution in [0.4, 0.5) is 0 Å². The molecule has 1 fully saturated rings. The first-order valence-corrected chi connectivity index (χ1v) is 9.47. The number of carboxylic acid groups (broad SMARTS) is 1. The van der Waals surface area contributed by atoms with Crippen molar-refractivity contribution in [2.45, 2.75) is 32.2 Å². The number of carbonyl (C=O) groups is 2. The average Bonchev–Trinajstić information content (AvgIpc) is 2.84. The molecule has 1 amide bonds. The Kier molecular flexibility index (Phi) is 5.41. The molecule has 0 spiro atoms. The highest BCUT2D eigenvalue weighted by Crippen LogP contribution is 2.20. The topological polar surface area (TPSA) is 91.8 Å². The van der Waals surface area contributed by atoms with Gasteiger partial charge in [0.15, 0.2) is 9.84 Å². The van der Waals surface area contributed by atoms with Gasteiger partial charge in [-0.25, -0.2) is 13.2 Å². The van der Waals surface area contributed by atoms with Crippen molar-refractivity contribution in [1.82, 2.24) is 4.90 Å². The average molecular weight is 339 g/mol. The van der Waals surface area contributed by atoms with Crippen LogP contribution in [0.2, 0.25) is 0 Å². The van der Waals surface area contributed by atoms with Crippen molar-refractivity contribution in [2.75, 3.05) is 18.1 Å². The molecule has 1 N–H and O–H groups in total. The first kappa shape index (κ1) is 17.5. The molecule has 1 aliphatic rings. The van der Waals surface area contributed by atoms with Crippen molar-refractivity contribution in [2.24, 2.45) is 0 Å². The Morgan fingerprint density at radius 1 is 1.30 bits per heavy atom. The monoisotopic (exact) mass is 339 g/mol. The van der Waals surface area contributed by atoms with Crippen LogP contribution in [0.1, 0.15) is 35.7 Å². The van der Waals surface area contributed by atoms with Crippen molar-refractivity contribution < 1.29 is 23.1 Å². The normalized spacial score (nSPS) is 19.4. The number of rotatable bonds is 6. The highest BCUT2D eigenvalue weighted by atomic mass is 32.2. The zero-order valence-electron chi connectivity index (χ0n) is 13.1.